The molecule has 0 aromatic heterocycles. The molecule has 0 heterocycles. The molecule has 0 bridgehead atoms. The second kappa shape index (κ2) is 5.72. The van der Waals surface area contributed by atoms with Crippen LogP contribution in [0, 0.1) is 0 Å². The van der Waals surface area contributed by atoms with Crippen molar-refractivity contribution in [3.63, 3.8) is 0 Å². The summed E-state index contributed by atoms with van der Waals surface area (Å²) in [6, 6.07) is 4.46. The van der Waals surface area contributed by atoms with Gasteiger partial charge in [0.1, 0.15) is 11.8 Å². The predicted molar refractivity (Wildman–Crippen MR) is 56.8 cm³/mol. The smallest absolute Gasteiger partial charge is 0.468 e. The summed E-state index contributed by atoms with van der Waals surface area (Å²) in [5, 5.41) is 0. The van der Waals surface area contributed by atoms with E-state index in [0.29, 0.717) is 0 Å². The van der Waals surface area contributed by atoms with E-state index in [1.165, 1.54) is 18.2 Å². The summed E-state index contributed by atoms with van der Waals surface area (Å²) in [6.07, 6.45) is -4.88. The van der Waals surface area contributed by atoms with Crippen molar-refractivity contribution in [2.75, 3.05) is 7.11 Å². The summed E-state index contributed by atoms with van der Waals surface area (Å²) in [4.78, 5) is 11.1. The van der Waals surface area contributed by atoms with Crippen LogP contribution >= 0.6 is 0 Å². The van der Waals surface area contributed by atoms with Crippen molar-refractivity contribution in [2.45, 2.75) is 18.8 Å². The molecule has 7 heteroatoms. The van der Waals surface area contributed by atoms with Crippen molar-refractivity contribution in [2.24, 2.45) is 5.73 Å². The van der Waals surface area contributed by atoms with E-state index in [1.807, 2.05) is 0 Å². The molecule has 0 aliphatic carbocycles. The van der Waals surface area contributed by atoms with Crippen LogP contribution in [0.2, 0.25) is 0 Å². The molecule has 18 heavy (non-hydrogen) atoms. The highest BCUT2D eigenvalue weighted by atomic mass is 19.4. The molecule has 1 aromatic carbocycles. The summed E-state index contributed by atoms with van der Waals surface area (Å²) >= 11 is 0. The number of para-hydroxylation sites is 1. The Kier molecular flexibility index (Phi) is 4.55. The molecule has 4 nitrogen and oxygen atoms in total. The van der Waals surface area contributed by atoms with E-state index in [2.05, 4.69) is 9.47 Å². The van der Waals surface area contributed by atoms with Crippen LogP contribution in [-0.2, 0) is 16.0 Å². The van der Waals surface area contributed by atoms with Crippen molar-refractivity contribution < 1.29 is 27.4 Å². The second-order valence-electron chi connectivity index (χ2n) is 3.49. The van der Waals surface area contributed by atoms with Crippen LogP contribution in [0.5, 0.6) is 5.75 Å². The molecule has 1 atom stereocenters. The van der Waals surface area contributed by atoms with E-state index in [0.717, 1.165) is 13.2 Å². The topological polar surface area (TPSA) is 61.5 Å². The normalized spacial score (nSPS) is 12.9. The highest BCUT2D eigenvalue weighted by Gasteiger charge is 2.32. The van der Waals surface area contributed by atoms with Crippen molar-refractivity contribution in [3.05, 3.63) is 29.8 Å². The third kappa shape index (κ3) is 4.25. The van der Waals surface area contributed by atoms with Gasteiger partial charge in [-0.15, -0.1) is 13.2 Å². The molecular formula is C11H12F3NO3. The highest BCUT2D eigenvalue weighted by molar-refractivity contribution is 5.75. The number of hydrogen-bond acceptors (Lipinski definition) is 4. The number of benzene rings is 1. The van der Waals surface area contributed by atoms with E-state index in [1.54, 1.807) is 0 Å². The molecule has 0 saturated carbocycles. The van der Waals surface area contributed by atoms with Crippen LogP contribution in [0.25, 0.3) is 0 Å². The lowest BCUT2D eigenvalue weighted by atomic mass is 10.1. The van der Waals surface area contributed by atoms with Crippen LogP contribution in [0.3, 0.4) is 0 Å². The Morgan fingerprint density at radius 1 is 1.39 bits per heavy atom. The fourth-order valence-electron chi connectivity index (χ4n) is 1.37. The van der Waals surface area contributed by atoms with Gasteiger partial charge in [-0.2, -0.15) is 0 Å². The van der Waals surface area contributed by atoms with Crippen LogP contribution < -0.4 is 10.5 Å². The molecule has 0 radical (unpaired) electrons. The number of halogens is 3. The number of esters is 1. The fraction of sp³-hybridized carbons (Fsp3) is 0.364. The zero-order chi connectivity index (χ0) is 13.8. The standard InChI is InChI=1S/C11H12F3NO3/c1-17-10(16)8(15)6-7-4-2-3-5-9(7)18-11(12,13)14/h2-5,8H,6,15H2,1H3/t8-/m0/s1. The highest BCUT2D eigenvalue weighted by Crippen LogP contribution is 2.26. The molecule has 0 fully saturated rings. The van der Waals surface area contributed by atoms with Gasteiger partial charge in [0.05, 0.1) is 7.11 Å². The summed E-state index contributed by atoms with van der Waals surface area (Å²) in [5.74, 6) is -1.07. The number of rotatable bonds is 4. The summed E-state index contributed by atoms with van der Waals surface area (Å²) in [5.41, 5.74) is 5.67. The number of methoxy groups -OCH3 is 1. The quantitative estimate of drug-likeness (QED) is 0.839. The van der Waals surface area contributed by atoms with Gasteiger partial charge in [0.25, 0.3) is 0 Å². The minimum atomic E-state index is -4.79. The first-order valence-electron chi connectivity index (χ1n) is 5.00. The van der Waals surface area contributed by atoms with Crippen molar-refractivity contribution in [1.82, 2.24) is 0 Å². The maximum Gasteiger partial charge on any atom is 0.573 e. The van der Waals surface area contributed by atoms with Crippen molar-refractivity contribution >= 4 is 5.97 Å². The predicted octanol–water partition coefficient (Wildman–Crippen LogP) is 1.63. The number of carbonyl (C=O) groups is 1. The fourth-order valence-corrected chi connectivity index (χ4v) is 1.37. The summed E-state index contributed by atoms with van der Waals surface area (Å²) in [6.45, 7) is 0. The van der Waals surface area contributed by atoms with Gasteiger partial charge in [0.2, 0.25) is 0 Å². The third-order valence-corrected chi connectivity index (χ3v) is 2.14. The van der Waals surface area contributed by atoms with Gasteiger partial charge in [-0.25, -0.2) is 0 Å². The van der Waals surface area contributed by atoms with Crippen molar-refractivity contribution in [3.8, 4) is 5.75 Å². The number of nitrogens with two attached hydrogens (primary N) is 1. The van der Waals surface area contributed by atoms with Crippen molar-refractivity contribution in [1.29, 1.82) is 0 Å². The first kappa shape index (κ1) is 14.3. The number of ether oxygens (including phenoxy) is 2. The first-order chi connectivity index (χ1) is 8.33. The number of carbonyl (C=O) groups excluding carboxylic acids is 1. The van der Waals surface area contributed by atoms with Gasteiger partial charge < -0.3 is 15.2 Å². The SMILES string of the molecule is COC(=O)[C@@H](N)Cc1ccccc1OC(F)(F)F. The molecule has 0 aliphatic rings. The Bertz CT molecular complexity index is 420. The maximum atomic E-state index is 12.1. The van der Waals surface area contributed by atoms with Crippen LogP contribution in [-0.4, -0.2) is 25.5 Å². The molecule has 0 amide bonds. The van der Waals surface area contributed by atoms with Crippen LogP contribution in [0.4, 0.5) is 13.2 Å². The Balaban J connectivity index is 2.85. The van der Waals surface area contributed by atoms with Gasteiger partial charge in [0.15, 0.2) is 0 Å². The Morgan fingerprint density at radius 2 is 2.00 bits per heavy atom. The lowest BCUT2D eigenvalue weighted by Gasteiger charge is -2.15. The molecule has 100 valence electrons. The largest absolute Gasteiger partial charge is 0.573 e. The van der Waals surface area contributed by atoms with Gasteiger partial charge >= 0.3 is 12.3 Å². The maximum absolute atomic E-state index is 12.1. The van der Waals surface area contributed by atoms with Crippen LogP contribution in [0.15, 0.2) is 24.3 Å². The lowest BCUT2D eigenvalue weighted by Crippen LogP contribution is -2.34. The van der Waals surface area contributed by atoms with Gasteiger partial charge in [-0.1, -0.05) is 18.2 Å². The molecular weight excluding hydrogens is 251 g/mol. The minimum absolute atomic E-state index is 0.0983. The first-order valence-corrected chi connectivity index (χ1v) is 5.00. The average molecular weight is 263 g/mol. The average Bonchev–Trinajstić information content (AvgIpc) is 2.28. The Morgan fingerprint density at radius 3 is 2.56 bits per heavy atom. The molecule has 1 aromatic rings. The van der Waals surface area contributed by atoms with E-state index in [4.69, 9.17) is 5.73 Å². The minimum Gasteiger partial charge on any atom is -0.468 e. The lowest BCUT2D eigenvalue weighted by molar-refractivity contribution is -0.274. The number of alkyl halides is 3. The van der Waals surface area contributed by atoms with Crippen LogP contribution in [0.1, 0.15) is 5.56 Å². The third-order valence-electron chi connectivity index (χ3n) is 2.14. The van der Waals surface area contributed by atoms with Gasteiger partial charge in [-0.05, 0) is 11.6 Å². The zero-order valence-electron chi connectivity index (χ0n) is 9.53. The summed E-state index contributed by atoms with van der Waals surface area (Å²) in [7, 11) is 1.15. The second-order valence-corrected chi connectivity index (χ2v) is 3.49. The van der Waals surface area contributed by atoms with Gasteiger partial charge in [-0.3, -0.25) is 4.79 Å². The van der Waals surface area contributed by atoms with E-state index in [9.17, 15) is 18.0 Å². The van der Waals surface area contributed by atoms with E-state index >= 15 is 0 Å². The monoisotopic (exact) mass is 263 g/mol. The molecule has 0 saturated heterocycles. The molecule has 2 N–H and O–H groups in total. The molecule has 0 spiro atoms. The zero-order valence-corrected chi connectivity index (χ0v) is 9.53. The van der Waals surface area contributed by atoms with E-state index < -0.39 is 18.4 Å². The summed E-state index contributed by atoms with van der Waals surface area (Å²) < 4.78 is 44.7. The molecule has 1 rings (SSSR count). The molecule has 0 unspecified atom stereocenters. The number of hydrogen-bond donors (Lipinski definition) is 1. The van der Waals surface area contributed by atoms with E-state index in [-0.39, 0.29) is 17.7 Å². The Labute approximate surface area is 101 Å². The molecule has 0 aliphatic heterocycles. The van der Waals surface area contributed by atoms with Gasteiger partial charge in [0, 0.05) is 6.42 Å². The Hall–Kier alpha value is -1.76.